The van der Waals surface area contributed by atoms with Crippen molar-refractivity contribution in [2.75, 3.05) is 5.73 Å². The van der Waals surface area contributed by atoms with Crippen molar-refractivity contribution in [2.24, 2.45) is 0 Å². The van der Waals surface area contributed by atoms with Crippen LogP contribution in [0.1, 0.15) is 22.8 Å². The predicted octanol–water partition coefficient (Wildman–Crippen LogP) is 2.36. The first-order valence-electron chi connectivity index (χ1n) is 5.44. The molecule has 0 aliphatic heterocycles. The van der Waals surface area contributed by atoms with Crippen molar-refractivity contribution >= 4 is 11.5 Å². The number of nitrogens with two attached hydrogens (primary N) is 1. The molecule has 1 aromatic carbocycles. The van der Waals surface area contributed by atoms with Crippen molar-refractivity contribution in [3.05, 3.63) is 41.6 Å². The number of carbonyl (C=O) groups is 1. The topological polar surface area (TPSA) is 78.1 Å². The van der Waals surface area contributed by atoms with Crippen LogP contribution >= 0.6 is 0 Å². The number of Topliss-reactive ketones (excluding diaryl/α,β-unsaturated/α-hetero) is 1. The summed E-state index contributed by atoms with van der Waals surface area (Å²) in [6, 6.07) is 6.65. The second-order valence-corrected chi connectivity index (χ2v) is 3.99. The molecule has 5 heteroatoms. The van der Waals surface area contributed by atoms with Crippen molar-refractivity contribution < 1.29 is 9.53 Å². The molecule has 92 valence electrons. The molecule has 0 amide bonds. The van der Waals surface area contributed by atoms with Gasteiger partial charge in [-0.25, -0.2) is 0 Å². The van der Waals surface area contributed by atoms with Gasteiger partial charge in [0.1, 0.15) is 5.75 Å². The van der Waals surface area contributed by atoms with Crippen LogP contribution in [0.25, 0.3) is 0 Å². The maximum absolute atomic E-state index is 11.5. The molecule has 5 nitrogen and oxygen atoms in total. The van der Waals surface area contributed by atoms with E-state index in [1.165, 1.54) is 6.92 Å². The number of anilines is 1. The van der Waals surface area contributed by atoms with E-state index in [0.29, 0.717) is 22.9 Å². The molecule has 0 radical (unpaired) electrons. The number of ketones is 1. The fourth-order valence-corrected chi connectivity index (χ4v) is 1.51. The van der Waals surface area contributed by atoms with Gasteiger partial charge in [0.2, 0.25) is 5.88 Å². The highest BCUT2D eigenvalue weighted by molar-refractivity contribution is 5.97. The van der Waals surface area contributed by atoms with Crippen LogP contribution in [-0.2, 0) is 0 Å². The SMILES string of the molecule is CC(=O)c1cc(N)ccc1Oc1cc(C)cnn1. The number of rotatable bonds is 3. The first kappa shape index (κ1) is 12.0. The van der Waals surface area contributed by atoms with Gasteiger partial charge in [0.15, 0.2) is 5.78 Å². The smallest absolute Gasteiger partial charge is 0.239 e. The van der Waals surface area contributed by atoms with Crippen molar-refractivity contribution in [3.63, 3.8) is 0 Å². The number of benzene rings is 1. The fraction of sp³-hybridized carbons (Fsp3) is 0.154. The van der Waals surface area contributed by atoms with E-state index in [4.69, 9.17) is 10.5 Å². The quantitative estimate of drug-likeness (QED) is 0.661. The molecule has 0 aliphatic carbocycles. The summed E-state index contributed by atoms with van der Waals surface area (Å²) in [6.45, 7) is 3.35. The minimum atomic E-state index is -0.113. The largest absolute Gasteiger partial charge is 0.437 e. The van der Waals surface area contributed by atoms with Crippen LogP contribution in [0.2, 0.25) is 0 Å². The molecule has 0 aliphatic rings. The van der Waals surface area contributed by atoms with Crippen LogP contribution in [0, 0.1) is 6.92 Å². The minimum absolute atomic E-state index is 0.113. The minimum Gasteiger partial charge on any atom is -0.437 e. The van der Waals surface area contributed by atoms with E-state index in [-0.39, 0.29) is 5.78 Å². The van der Waals surface area contributed by atoms with Crippen LogP contribution in [-0.4, -0.2) is 16.0 Å². The Morgan fingerprint density at radius 1 is 1.33 bits per heavy atom. The van der Waals surface area contributed by atoms with E-state index in [1.807, 2.05) is 6.92 Å². The highest BCUT2D eigenvalue weighted by atomic mass is 16.5. The molecule has 0 spiro atoms. The first-order valence-corrected chi connectivity index (χ1v) is 5.44. The summed E-state index contributed by atoms with van der Waals surface area (Å²) in [6.07, 6.45) is 1.63. The lowest BCUT2D eigenvalue weighted by atomic mass is 10.1. The van der Waals surface area contributed by atoms with Crippen molar-refractivity contribution in [1.29, 1.82) is 0 Å². The highest BCUT2D eigenvalue weighted by Crippen LogP contribution is 2.26. The highest BCUT2D eigenvalue weighted by Gasteiger charge is 2.10. The van der Waals surface area contributed by atoms with E-state index >= 15 is 0 Å². The number of aryl methyl sites for hydroxylation is 1. The normalized spacial score (nSPS) is 10.1. The molecule has 0 saturated heterocycles. The summed E-state index contributed by atoms with van der Waals surface area (Å²) < 4.78 is 5.56. The van der Waals surface area contributed by atoms with E-state index in [1.54, 1.807) is 30.5 Å². The molecule has 2 rings (SSSR count). The lowest BCUT2D eigenvalue weighted by molar-refractivity contribution is 0.101. The summed E-state index contributed by atoms with van der Waals surface area (Å²) in [4.78, 5) is 11.5. The molecular formula is C13H13N3O2. The summed E-state index contributed by atoms with van der Waals surface area (Å²) in [7, 11) is 0. The molecule has 0 saturated carbocycles. The van der Waals surface area contributed by atoms with Gasteiger partial charge < -0.3 is 10.5 Å². The summed E-state index contributed by atoms with van der Waals surface area (Å²) >= 11 is 0. The number of carbonyl (C=O) groups excluding carboxylic acids is 1. The van der Waals surface area contributed by atoms with Crippen LogP contribution in [0.15, 0.2) is 30.5 Å². The molecule has 2 aromatic rings. The van der Waals surface area contributed by atoms with Gasteiger partial charge in [0.05, 0.1) is 11.8 Å². The fourth-order valence-electron chi connectivity index (χ4n) is 1.51. The molecule has 0 bridgehead atoms. The Hall–Kier alpha value is -2.43. The van der Waals surface area contributed by atoms with E-state index in [2.05, 4.69) is 10.2 Å². The number of hydrogen-bond donors (Lipinski definition) is 1. The Morgan fingerprint density at radius 3 is 2.78 bits per heavy atom. The zero-order chi connectivity index (χ0) is 13.1. The van der Waals surface area contributed by atoms with Gasteiger partial charge >= 0.3 is 0 Å². The molecule has 0 fully saturated rings. The Balaban J connectivity index is 2.37. The maximum atomic E-state index is 11.5. The molecule has 0 atom stereocenters. The Bertz CT molecular complexity index is 597. The molecule has 0 unspecified atom stereocenters. The lowest BCUT2D eigenvalue weighted by Crippen LogP contribution is -2.00. The number of ether oxygens (including phenoxy) is 1. The van der Waals surface area contributed by atoms with Crippen molar-refractivity contribution in [3.8, 4) is 11.6 Å². The Labute approximate surface area is 105 Å². The summed E-state index contributed by atoms with van der Waals surface area (Å²) in [5.74, 6) is 0.664. The predicted molar refractivity (Wildman–Crippen MR) is 67.7 cm³/mol. The van der Waals surface area contributed by atoms with Crippen LogP contribution in [0.3, 0.4) is 0 Å². The zero-order valence-electron chi connectivity index (χ0n) is 10.2. The van der Waals surface area contributed by atoms with E-state index < -0.39 is 0 Å². The first-order chi connectivity index (χ1) is 8.56. The van der Waals surface area contributed by atoms with Gasteiger partial charge in [-0.2, -0.15) is 5.10 Å². The van der Waals surface area contributed by atoms with Crippen molar-refractivity contribution in [2.45, 2.75) is 13.8 Å². The van der Waals surface area contributed by atoms with Crippen LogP contribution in [0.5, 0.6) is 11.6 Å². The average Bonchev–Trinajstić information content (AvgIpc) is 2.31. The second-order valence-electron chi connectivity index (χ2n) is 3.99. The molecular weight excluding hydrogens is 230 g/mol. The van der Waals surface area contributed by atoms with Gasteiger partial charge in [0.25, 0.3) is 0 Å². The van der Waals surface area contributed by atoms with Gasteiger partial charge in [-0.05, 0) is 37.6 Å². The summed E-state index contributed by atoms with van der Waals surface area (Å²) in [5.41, 5.74) is 7.52. The average molecular weight is 243 g/mol. The van der Waals surface area contributed by atoms with E-state index in [0.717, 1.165) is 5.56 Å². The summed E-state index contributed by atoms with van der Waals surface area (Å²) in [5, 5.41) is 7.63. The van der Waals surface area contributed by atoms with Gasteiger partial charge in [-0.1, -0.05) is 0 Å². The van der Waals surface area contributed by atoms with Crippen LogP contribution in [0.4, 0.5) is 5.69 Å². The van der Waals surface area contributed by atoms with Crippen molar-refractivity contribution in [1.82, 2.24) is 10.2 Å². The standard InChI is InChI=1S/C13H13N3O2/c1-8-5-13(16-15-7-8)18-12-4-3-10(14)6-11(12)9(2)17/h3-7H,14H2,1-2H3. The monoisotopic (exact) mass is 243 g/mol. The molecule has 1 aromatic heterocycles. The Kier molecular flexibility index (Phi) is 3.23. The third-order valence-electron chi connectivity index (χ3n) is 2.37. The van der Waals surface area contributed by atoms with Crippen LogP contribution < -0.4 is 10.5 Å². The number of nitrogens with zero attached hydrogens (tertiary/aromatic N) is 2. The molecule has 18 heavy (non-hydrogen) atoms. The van der Waals surface area contributed by atoms with E-state index in [9.17, 15) is 4.79 Å². The van der Waals surface area contributed by atoms with Gasteiger partial charge in [-0.3, -0.25) is 4.79 Å². The second kappa shape index (κ2) is 4.83. The third kappa shape index (κ3) is 2.63. The third-order valence-corrected chi connectivity index (χ3v) is 2.37. The zero-order valence-corrected chi connectivity index (χ0v) is 10.2. The lowest BCUT2D eigenvalue weighted by Gasteiger charge is -2.09. The number of hydrogen-bond acceptors (Lipinski definition) is 5. The molecule has 1 heterocycles. The van der Waals surface area contributed by atoms with Gasteiger partial charge in [0, 0.05) is 11.8 Å². The maximum Gasteiger partial charge on any atom is 0.239 e. The van der Waals surface area contributed by atoms with Gasteiger partial charge in [-0.15, -0.1) is 5.10 Å². The Morgan fingerprint density at radius 2 is 2.11 bits per heavy atom. The number of nitrogen functional groups attached to an aromatic ring is 1. The molecule has 2 N–H and O–H groups in total. The number of aromatic nitrogens is 2.